The summed E-state index contributed by atoms with van der Waals surface area (Å²) in [6.07, 6.45) is -4.42. The summed E-state index contributed by atoms with van der Waals surface area (Å²) in [4.78, 5) is 13.2. The van der Waals surface area contributed by atoms with E-state index >= 15 is 0 Å². The van der Waals surface area contributed by atoms with Crippen LogP contribution in [0.3, 0.4) is 0 Å². The minimum Gasteiger partial charge on any atom is -0.331 e. The smallest absolute Gasteiger partial charge is 0.331 e. The molecule has 2 N–H and O–H groups in total. The number of amides is 1. The van der Waals surface area contributed by atoms with Crippen LogP contribution in [0.5, 0.6) is 0 Å². The van der Waals surface area contributed by atoms with Gasteiger partial charge in [-0.25, -0.2) is 0 Å². The molecule has 1 amide bonds. The average molecular weight is 288 g/mol. The fraction of sp³-hybridized carbons (Fsp3) is 0.500. The molecule has 0 saturated carbocycles. The molecule has 0 fully saturated rings. The lowest BCUT2D eigenvalue weighted by Crippen LogP contribution is -2.46. The zero-order valence-electron chi connectivity index (χ0n) is 11.5. The number of alkyl halides is 3. The maximum Gasteiger partial charge on any atom is 0.406 e. The second-order valence-electron chi connectivity index (χ2n) is 4.87. The van der Waals surface area contributed by atoms with E-state index in [1.165, 1.54) is 0 Å². The Kier molecular flexibility index (Phi) is 5.56. The van der Waals surface area contributed by atoms with Crippen molar-refractivity contribution < 1.29 is 18.0 Å². The lowest BCUT2D eigenvalue weighted by atomic mass is 9.97. The molecule has 0 spiro atoms. The van der Waals surface area contributed by atoms with Crippen LogP contribution in [0.2, 0.25) is 0 Å². The van der Waals surface area contributed by atoms with Crippen LogP contribution in [0.25, 0.3) is 0 Å². The molecule has 6 heteroatoms. The van der Waals surface area contributed by atoms with E-state index in [9.17, 15) is 18.0 Å². The molecule has 0 aliphatic rings. The number of nitrogens with zero attached hydrogens (tertiary/aromatic N) is 1. The van der Waals surface area contributed by atoms with Crippen LogP contribution in [0.4, 0.5) is 13.2 Å². The van der Waals surface area contributed by atoms with Gasteiger partial charge in [-0.15, -0.1) is 0 Å². The highest BCUT2D eigenvalue weighted by atomic mass is 19.4. The van der Waals surface area contributed by atoms with Gasteiger partial charge in [-0.3, -0.25) is 4.79 Å². The van der Waals surface area contributed by atoms with E-state index in [1.54, 1.807) is 44.2 Å². The van der Waals surface area contributed by atoms with Crippen LogP contribution in [0, 0.1) is 0 Å². The number of carbonyl (C=O) groups excluding carboxylic acids is 1. The molecule has 0 heterocycles. The van der Waals surface area contributed by atoms with Gasteiger partial charge in [0.15, 0.2) is 0 Å². The Labute approximate surface area is 116 Å². The van der Waals surface area contributed by atoms with Crippen molar-refractivity contribution in [2.24, 2.45) is 5.73 Å². The molecule has 0 saturated heterocycles. The van der Waals surface area contributed by atoms with E-state index in [2.05, 4.69) is 0 Å². The Morgan fingerprint density at radius 2 is 1.80 bits per heavy atom. The SMILES string of the molecule is CC(C)N(CC(F)(F)F)C(=O)C(CN)c1ccccc1. The summed E-state index contributed by atoms with van der Waals surface area (Å²) in [5.41, 5.74) is 6.21. The topological polar surface area (TPSA) is 46.3 Å². The number of hydrogen-bond acceptors (Lipinski definition) is 2. The Balaban J connectivity index is 2.98. The lowest BCUT2D eigenvalue weighted by Gasteiger charge is -2.31. The summed E-state index contributed by atoms with van der Waals surface area (Å²) >= 11 is 0. The van der Waals surface area contributed by atoms with E-state index in [0.29, 0.717) is 5.56 Å². The highest BCUT2D eigenvalue weighted by Gasteiger charge is 2.36. The summed E-state index contributed by atoms with van der Waals surface area (Å²) in [6, 6.07) is 8.09. The molecular weight excluding hydrogens is 269 g/mol. The molecule has 0 radical (unpaired) electrons. The maximum absolute atomic E-state index is 12.6. The van der Waals surface area contributed by atoms with Crippen LogP contribution in [-0.2, 0) is 4.79 Å². The molecule has 1 atom stereocenters. The van der Waals surface area contributed by atoms with Gasteiger partial charge in [-0.1, -0.05) is 30.3 Å². The first-order chi connectivity index (χ1) is 9.26. The fourth-order valence-electron chi connectivity index (χ4n) is 1.97. The minimum absolute atomic E-state index is 0.0239. The zero-order chi connectivity index (χ0) is 15.3. The number of nitrogens with two attached hydrogens (primary N) is 1. The fourth-order valence-corrected chi connectivity index (χ4v) is 1.97. The highest BCUT2D eigenvalue weighted by Crippen LogP contribution is 2.23. The zero-order valence-corrected chi connectivity index (χ0v) is 11.5. The van der Waals surface area contributed by atoms with Gasteiger partial charge >= 0.3 is 6.18 Å². The molecule has 1 unspecified atom stereocenters. The predicted molar refractivity (Wildman–Crippen MR) is 71.1 cm³/mol. The Hall–Kier alpha value is -1.56. The van der Waals surface area contributed by atoms with Crippen LogP contribution in [0.1, 0.15) is 25.3 Å². The van der Waals surface area contributed by atoms with Gasteiger partial charge in [0.25, 0.3) is 0 Å². The Bertz CT molecular complexity index is 432. The van der Waals surface area contributed by atoms with Crippen molar-refractivity contribution >= 4 is 5.91 Å². The number of hydrogen-bond donors (Lipinski definition) is 1. The normalized spacial score (nSPS) is 13.3. The molecule has 1 aromatic carbocycles. The summed E-state index contributed by atoms with van der Waals surface area (Å²) in [5.74, 6) is -1.34. The molecule has 0 aliphatic heterocycles. The molecule has 1 rings (SSSR count). The monoisotopic (exact) mass is 288 g/mol. The first-order valence-corrected chi connectivity index (χ1v) is 6.38. The Morgan fingerprint density at radius 1 is 1.25 bits per heavy atom. The molecule has 0 aliphatic carbocycles. The third-order valence-electron chi connectivity index (χ3n) is 2.99. The summed E-state index contributed by atoms with van der Waals surface area (Å²) in [6.45, 7) is 1.83. The number of carbonyl (C=O) groups is 1. The first-order valence-electron chi connectivity index (χ1n) is 6.38. The van der Waals surface area contributed by atoms with Crippen LogP contribution in [0.15, 0.2) is 30.3 Å². The molecule has 112 valence electrons. The van der Waals surface area contributed by atoms with E-state index in [-0.39, 0.29) is 6.54 Å². The van der Waals surface area contributed by atoms with Crippen molar-refractivity contribution in [1.82, 2.24) is 4.90 Å². The predicted octanol–water partition coefficient (Wildman–Crippen LogP) is 2.53. The molecule has 20 heavy (non-hydrogen) atoms. The second-order valence-corrected chi connectivity index (χ2v) is 4.87. The van der Waals surface area contributed by atoms with Gasteiger partial charge in [0.1, 0.15) is 6.54 Å². The first kappa shape index (κ1) is 16.5. The molecule has 0 aromatic heterocycles. The third kappa shape index (κ3) is 4.52. The third-order valence-corrected chi connectivity index (χ3v) is 2.99. The number of benzene rings is 1. The summed E-state index contributed by atoms with van der Waals surface area (Å²) in [7, 11) is 0. The average Bonchev–Trinajstić information content (AvgIpc) is 2.36. The summed E-state index contributed by atoms with van der Waals surface area (Å²) in [5, 5.41) is 0. The van der Waals surface area contributed by atoms with E-state index < -0.39 is 30.6 Å². The lowest BCUT2D eigenvalue weighted by molar-refractivity contribution is -0.165. The van der Waals surface area contributed by atoms with Crippen LogP contribution < -0.4 is 5.73 Å². The highest BCUT2D eigenvalue weighted by molar-refractivity contribution is 5.84. The second kappa shape index (κ2) is 6.74. The van der Waals surface area contributed by atoms with Crippen molar-refractivity contribution in [3.63, 3.8) is 0 Å². The van der Waals surface area contributed by atoms with Gasteiger partial charge < -0.3 is 10.6 Å². The van der Waals surface area contributed by atoms with Gasteiger partial charge in [0.2, 0.25) is 5.91 Å². The van der Waals surface area contributed by atoms with Crippen LogP contribution >= 0.6 is 0 Å². The van der Waals surface area contributed by atoms with Crippen LogP contribution in [-0.4, -0.2) is 36.1 Å². The van der Waals surface area contributed by atoms with Gasteiger partial charge in [-0.05, 0) is 19.4 Å². The largest absolute Gasteiger partial charge is 0.406 e. The molecule has 3 nitrogen and oxygen atoms in total. The summed E-state index contributed by atoms with van der Waals surface area (Å²) < 4.78 is 37.7. The standard InChI is InChI=1S/C14H19F3N2O/c1-10(2)19(9-14(15,16)17)13(20)12(8-18)11-6-4-3-5-7-11/h3-7,10,12H,8-9,18H2,1-2H3. The molecule has 0 bridgehead atoms. The van der Waals surface area contributed by atoms with Crippen molar-refractivity contribution in [3.8, 4) is 0 Å². The molecule has 1 aromatic rings. The minimum atomic E-state index is -4.42. The van der Waals surface area contributed by atoms with Crippen molar-refractivity contribution in [2.45, 2.75) is 32.0 Å². The van der Waals surface area contributed by atoms with Gasteiger partial charge in [0, 0.05) is 12.6 Å². The number of halogens is 3. The van der Waals surface area contributed by atoms with Crippen molar-refractivity contribution in [2.75, 3.05) is 13.1 Å². The van der Waals surface area contributed by atoms with E-state index in [1.807, 2.05) is 0 Å². The van der Waals surface area contributed by atoms with Crippen molar-refractivity contribution in [3.05, 3.63) is 35.9 Å². The quantitative estimate of drug-likeness (QED) is 0.905. The number of rotatable bonds is 5. The van der Waals surface area contributed by atoms with Gasteiger partial charge in [0.05, 0.1) is 5.92 Å². The van der Waals surface area contributed by atoms with E-state index in [0.717, 1.165) is 4.90 Å². The van der Waals surface area contributed by atoms with Gasteiger partial charge in [-0.2, -0.15) is 13.2 Å². The Morgan fingerprint density at radius 3 is 2.20 bits per heavy atom. The maximum atomic E-state index is 12.6. The molecular formula is C14H19F3N2O. The van der Waals surface area contributed by atoms with E-state index in [4.69, 9.17) is 5.73 Å². The van der Waals surface area contributed by atoms with Crippen molar-refractivity contribution in [1.29, 1.82) is 0 Å².